The Kier molecular flexibility index (Phi) is 13.9. The normalized spacial score (nSPS) is 16.2. The van der Waals surface area contributed by atoms with Crippen molar-refractivity contribution >= 4 is 68.6 Å². The zero-order chi connectivity index (χ0) is 52.6. The van der Waals surface area contributed by atoms with Gasteiger partial charge in [-0.15, -0.1) is 13.2 Å². The second-order valence-corrected chi connectivity index (χ2v) is 17.4. The number of hydrogen-bond donors (Lipinski definition) is 4. The minimum Gasteiger partial charge on any atom is -0.493 e. The molecule has 0 radical (unpaired) electrons. The number of alkyl halides is 3. The van der Waals surface area contributed by atoms with Gasteiger partial charge in [-0.3, -0.25) is 49.2 Å². The number of hydrazine groups is 1. The number of benzene rings is 4. The van der Waals surface area contributed by atoms with Crippen LogP contribution in [0.4, 0.5) is 28.9 Å². The highest BCUT2D eigenvalue weighted by Crippen LogP contribution is 2.37. The first-order valence-corrected chi connectivity index (χ1v) is 22.8. The second-order valence-electron chi connectivity index (χ2n) is 17.4. The Morgan fingerprint density at radius 3 is 2.34 bits per heavy atom. The van der Waals surface area contributed by atoms with Crippen molar-refractivity contribution in [1.82, 2.24) is 40.1 Å². The minimum atomic E-state index is -5.01. The van der Waals surface area contributed by atoms with Crippen LogP contribution in [0.5, 0.6) is 28.9 Å². The molecule has 4 aromatic carbocycles. The van der Waals surface area contributed by atoms with Crippen LogP contribution in [0.3, 0.4) is 0 Å². The highest BCUT2D eigenvalue weighted by atomic mass is 19.4. The molecule has 6 amide bonds. The van der Waals surface area contributed by atoms with Crippen molar-refractivity contribution in [1.29, 1.82) is 0 Å². The standard InChI is InChI=1S/C49H44F4N10O11/c1-25-43(44(67)32-18-29(74-49(51,52)53)6-8-35(32)60(25)2)46(69)57-28-5-10-37(33(50)17-28)73-47-31-19-38(71-3)39(20-34(31)54-24-55-47)72-23-42(66)59-62-14-12-61(13-15-62)22-41(65)56-27-4-7-30-26(16-27)21-63(48(30)70)36-9-11-40(64)58-45(36)68/h4-8,10,16-20,24,36H,9,11-15,21-23H2,1-3H3,(H,56,65)(H,57,69)(H,59,66)(H,58,64,68). The number of amides is 6. The molecule has 3 aliphatic heterocycles. The van der Waals surface area contributed by atoms with E-state index >= 15 is 4.39 Å². The number of carbonyl (C=O) groups is 6. The van der Waals surface area contributed by atoms with Gasteiger partial charge in [-0.1, -0.05) is 0 Å². The lowest BCUT2D eigenvalue weighted by Crippen LogP contribution is -2.55. The summed E-state index contributed by atoms with van der Waals surface area (Å²) in [5.41, 5.74) is 3.78. The van der Waals surface area contributed by atoms with Crippen LogP contribution in [0, 0.1) is 12.7 Å². The lowest BCUT2D eigenvalue weighted by atomic mass is 10.0. The Morgan fingerprint density at radius 2 is 1.61 bits per heavy atom. The summed E-state index contributed by atoms with van der Waals surface area (Å²) in [4.78, 5) is 102. The summed E-state index contributed by atoms with van der Waals surface area (Å²) in [6.07, 6.45) is -3.46. The van der Waals surface area contributed by atoms with Gasteiger partial charge in [0.15, 0.2) is 29.7 Å². The van der Waals surface area contributed by atoms with Crippen molar-refractivity contribution in [2.45, 2.75) is 38.7 Å². The predicted molar refractivity (Wildman–Crippen MR) is 254 cm³/mol. The Balaban J connectivity index is 0.763. The van der Waals surface area contributed by atoms with E-state index in [4.69, 9.17) is 14.2 Å². The average molecular weight is 1020 g/mol. The number of hydrogen-bond acceptors (Lipinski definition) is 15. The molecule has 1 unspecified atom stereocenters. The Bertz CT molecular complexity index is 3360. The van der Waals surface area contributed by atoms with Gasteiger partial charge >= 0.3 is 6.36 Å². The number of aromatic nitrogens is 3. The van der Waals surface area contributed by atoms with Gasteiger partial charge in [0.25, 0.3) is 17.7 Å². The van der Waals surface area contributed by atoms with Crippen LogP contribution in [0.2, 0.25) is 0 Å². The number of anilines is 2. The summed E-state index contributed by atoms with van der Waals surface area (Å²) in [6.45, 7) is 3.01. The molecule has 0 spiro atoms. The van der Waals surface area contributed by atoms with Crippen molar-refractivity contribution in [3.8, 4) is 28.9 Å². The number of pyridine rings is 1. The Morgan fingerprint density at radius 1 is 0.851 bits per heavy atom. The fourth-order valence-corrected chi connectivity index (χ4v) is 8.88. The number of carbonyl (C=O) groups excluding carboxylic acids is 6. The molecule has 0 bridgehead atoms. The largest absolute Gasteiger partial charge is 0.573 e. The van der Waals surface area contributed by atoms with Crippen LogP contribution in [-0.4, -0.2) is 124 Å². The van der Waals surface area contributed by atoms with E-state index in [1.165, 1.54) is 60.9 Å². The molecule has 2 fully saturated rings. The number of nitrogens with zero attached hydrogens (tertiary/aromatic N) is 6. The van der Waals surface area contributed by atoms with Gasteiger partial charge in [-0.05, 0) is 73.5 Å². The van der Waals surface area contributed by atoms with Gasteiger partial charge in [-0.2, -0.15) is 0 Å². The summed E-state index contributed by atoms with van der Waals surface area (Å²) in [6, 6.07) is 13.8. The Labute approximate surface area is 416 Å². The molecular formula is C49H44F4N10O11. The highest BCUT2D eigenvalue weighted by Gasteiger charge is 2.39. The van der Waals surface area contributed by atoms with E-state index in [0.717, 1.165) is 24.5 Å². The number of piperazine rings is 1. The molecule has 2 saturated heterocycles. The maximum Gasteiger partial charge on any atom is 0.573 e. The summed E-state index contributed by atoms with van der Waals surface area (Å²) in [7, 11) is 2.89. The van der Waals surface area contributed by atoms with E-state index in [0.29, 0.717) is 43.0 Å². The van der Waals surface area contributed by atoms with Gasteiger partial charge in [0.1, 0.15) is 23.7 Å². The monoisotopic (exact) mass is 1020 g/mol. The van der Waals surface area contributed by atoms with Gasteiger partial charge < -0.3 is 39.0 Å². The first kappa shape index (κ1) is 50.2. The maximum absolute atomic E-state index is 15.6. The van der Waals surface area contributed by atoms with E-state index in [-0.39, 0.29) is 106 Å². The second kappa shape index (κ2) is 20.4. The molecule has 0 saturated carbocycles. The third kappa shape index (κ3) is 10.7. The number of halogens is 4. The molecule has 2 aromatic heterocycles. The van der Waals surface area contributed by atoms with E-state index < -0.39 is 53.7 Å². The first-order chi connectivity index (χ1) is 35.3. The maximum atomic E-state index is 15.6. The van der Waals surface area contributed by atoms with Crippen LogP contribution in [-0.2, 0) is 32.8 Å². The predicted octanol–water partition coefficient (Wildman–Crippen LogP) is 4.31. The van der Waals surface area contributed by atoms with Gasteiger partial charge in [-0.25, -0.2) is 19.4 Å². The topological polar surface area (TPSA) is 245 Å². The smallest absolute Gasteiger partial charge is 0.493 e. The van der Waals surface area contributed by atoms with Crippen LogP contribution < -0.4 is 45.8 Å². The molecule has 4 N–H and O–H groups in total. The molecule has 6 aromatic rings. The van der Waals surface area contributed by atoms with Gasteiger partial charge in [0, 0.05) is 81.0 Å². The van der Waals surface area contributed by atoms with E-state index in [2.05, 4.69) is 36.1 Å². The molecule has 5 heterocycles. The summed E-state index contributed by atoms with van der Waals surface area (Å²) >= 11 is 0. The molecule has 0 aliphatic carbocycles. The highest BCUT2D eigenvalue weighted by molar-refractivity contribution is 6.07. The van der Waals surface area contributed by atoms with Gasteiger partial charge in [0.05, 0.1) is 35.5 Å². The fourth-order valence-electron chi connectivity index (χ4n) is 8.88. The van der Waals surface area contributed by atoms with Crippen molar-refractivity contribution in [3.05, 3.63) is 111 Å². The molecule has 25 heteroatoms. The van der Waals surface area contributed by atoms with E-state index in [9.17, 15) is 46.7 Å². The number of methoxy groups -OCH3 is 1. The summed E-state index contributed by atoms with van der Waals surface area (Å²) < 4.78 is 76.9. The quantitative estimate of drug-likeness (QED) is 0.0878. The molecule has 74 heavy (non-hydrogen) atoms. The fraction of sp³-hybridized carbons (Fsp3) is 0.286. The molecular weight excluding hydrogens is 981 g/mol. The number of aryl methyl sites for hydroxylation is 1. The zero-order valence-electron chi connectivity index (χ0n) is 39.6. The van der Waals surface area contributed by atoms with Crippen molar-refractivity contribution < 1.29 is 65.3 Å². The van der Waals surface area contributed by atoms with Crippen molar-refractivity contribution in [3.63, 3.8) is 0 Å². The third-order valence-electron chi connectivity index (χ3n) is 12.6. The number of piperidine rings is 1. The van der Waals surface area contributed by atoms with Crippen molar-refractivity contribution in [2.75, 3.05) is 57.1 Å². The van der Waals surface area contributed by atoms with E-state index in [1.54, 1.807) is 23.2 Å². The number of ether oxygens (including phenoxy) is 4. The van der Waals surface area contributed by atoms with Crippen LogP contribution in [0.15, 0.2) is 77.9 Å². The third-order valence-corrected chi connectivity index (χ3v) is 12.6. The molecule has 21 nitrogen and oxygen atoms in total. The zero-order valence-corrected chi connectivity index (χ0v) is 39.6. The molecule has 384 valence electrons. The van der Waals surface area contributed by atoms with Crippen LogP contribution >= 0.6 is 0 Å². The lowest BCUT2D eigenvalue weighted by molar-refractivity contribution is -0.274. The number of rotatable bonds is 14. The first-order valence-electron chi connectivity index (χ1n) is 22.8. The molecule has 1 atom stereocenters. The van der Waals surface area contributed by atoms with Crippen LogP contribution in [0.1, 0.15) is 44.8 Å². The number of nitrogens with one attached hydrogen (secondary N) is 4. The van der Waals surface area contributed by atoms with Gasteiger partial charge in [0.2, 0.25) is 29.0 Å². The van der Waals surface area contributed by atoms with Crippen LogP contribution in [0.25, 0.3) is 21.8 Å². The summed E-state index contributed by atoms with van der Waals surface area (Å²) in [5.74, 6) is -4.56. The van der Waals surface area contributed by atoms with Crippen molar-refractivity contribution in [2.24, 2.45) is 7.05 Å². The summed E-state index contributed by atoms with van der Waals surface area (Å²) in [5, 5.41) is 9.37. The SMILES string of the molecule is COc1cc2c(Oc3ccc(NC(=O)c4c(C)n(C)c5ccc(OC(F)(F)F)cc5c4=O)cc3F)ncnc2cc1OCC(=O)NN1CCN(CC(=O)Nc2ccc3c(c2)CN(C2CCC(=O)NC2=O)C3=O)CC1. The molecule has 9 rings (SSSR count). The van der Waals surface area contributed by atoms with E-state index in [1.807, 2.05) is 4.90 Å². The lowest BCUT2D eigenvalue weighted by Gasteiger charge is -2.34. The Hall–Kier alpha value is -8.71. The average Bonchev–Trinajstić information content (AvgIpc) is 3.67. The number of imide groups is 1. The number of fused-ring (bicyclic) bond motifs is 3. The molecule has 3 aliphatic rings. The minimum absolute atomic E-state index is 0.0716.